The summed E-state index contributed by atoms with van der Waals surface area (Å²) < 4.78 is 2.46. The summed E-state index contributed by atoms with van der Waals surface area (Å²) in [6.07, 6.45) is 6.49. The zero-order valence-corrected chi connectivity index (χ0v) is 27.0. The molecular weight excluding hydrogens is 567 g/mol. The molecule has 47 heavy (non-hydrogen) atoms. The summed E-state index contributed by atoms with van der Waals surface area (Å²) in [5.41, 5.74) is 11.3. The third-order valence-electron chi connectivity index (χ3n) is 10.5. The standard InChI is InChI=1S/C46H35N/c1-5-17-35-39(6-2)46(3,4)40-26-16-25-33(42(35)40)37-28-38-31-21-11-13-23-34(31)45-44(43(38)32-22-12-10-20-30(32)37)36-24-14-15-27-41(36)47(45)29-18-8-7-9-19-29/h5-28H,2H2,1,3-4H3/b17-5-. The molecule has 1 heterocycles. The second-order valence-corrected chi connectivity index (χ2v) is 13.2. The molecule has 0 radical (unpaired) electrons. The molecule has 0 bridgehead atoms. The molecule has 0 saturated carbocycles. The van der Waals surface area contributed by atoms with Gasteiger partial charge >= 0.3 is 0 Å². The van der Waals surface area contributed by atoms with Gasteiger partial charge in [-0.3, -0.25) is 0 Å². The zero-order valence-electron chi connectivity index (χ0n) is 27.0. The highest BCUT2D eigenvalue weighted by atomic mass is 15.0. The minimum absolute atomic E-state index is 0.132. The van der Waals surface area contributed by atoms with Gasteiger partial charge in [-0.2, -0.15) is 0 Å². The van der Waals surface area contributed by atoms with Crippen LogP contribution < -0.4 is 0 Å². The van der Waals surface area contributed by atoms with Crippen molar-refractivity contribution < 1.29 is 0 Å². The van der Waals surface area contributed by atoms with E-state index in [1.165, 1.54) is 93.2 Å². The van der Waals surface area contributed by atoms with Crippen molar-refractivity contribution in [1.29, 1.82) is 0 Å². The molecule has 1 aliphatic rings. The van der Waals surface area contributed by atoms with Crippen LogP contribution in [0.15, 0.2) is 158 Å². The van der Waals surface area contributed by atoms with Crippen molar-refractivity contribution >= 4 is 59.7 Å². The van der Waals surface area contributed by atoms with Crippen molar-refractivity contribution in [3.8, 4) is 16.8 Å². The van der Waals surface area contributed by atoms with Crippen molar-refractivity contribution in [1.82, 2.24) is 4.57 Å². The molecule has 0 saturated heterocycles. The molecule has 1 aromatic heterocycles. The largest absolute Gasteiger partial charge is 0.309 e. The Labute approximate surface area is 275 Å². The molecule has 0 atom stereocenters. The Morgan fingerprint density at radius 1 is 0.596 bits per heavy atom. The van der Waals surface area contributed by atoms with Crippen LogP contribution in [0.25, 0.3) is 76.5 Å². The van der Waals surface area contributed by atoms with Crippen LogP contribution in [0, 0.1) is 0 Å². The topological polar surface area (TPSA) is 4.93 Å². The van der Waals surface area contributed by atoms with E-state index in [-0.39, 0.29) is 5.41 Å². The third kappa shape index (κ3) is 3.71. The van der Waals surface area contributed by atoms with Crippen molar-refractivity contribution in [2.24, 2.45) is 0 Å². The molecule has 0 amide bonds. The van der Waals surface area contributed by atoms with E-state index in [2.05, 4.69) is 178 Å². The van der Waals surface area contributed by atoms with Gasteiger partial charge in [-0.15, -0.1) is 0 Å². The molecule has 1 heteroatoms. The van der Waals surface area contributed by atoms with Crippen LogP contribution in [0.2, 0.25) is 0 Å². The van der Waals surface area contributed by atoms with E-state index in [9.17, 15) is 0 Å². The first-order chi connectivity index (χ1) is 23.0. The first-order valence-electron chi connectivity index (χ1n) is 16.5. The number of rotatable bonds is 4. The first-order valence-corrected chi connectivity index (χ1v) is 16.5. The summed E-state index contributed by atoms with van der Waals surface area (Å²) >= 11 is 0. The van der Waals surface area contributed by atoms with E-state index >= 15 is 0 Å². The highest BCUT2D eigenvalue weighted by molar-refractivity contribution is 6.38. The highest BCUT2D eigenvalue weighted by Gasteiger charge is 2.37. The Morgan fingerprint density at radius 3 is 2.00 bits per heavy atom. The molecule has 224 valence electrons. The Hall–Kier alpha value is -5.66. The maximum Gasteiger partial charge on any atom is 0.0626 e. The van der Waals surface area contributed by atoms with Crippen LogP contribution in [0.5, 0.6) is 0 Å². The minimum atomic E-state index is -0.132. The predicted octanol–water partition coefficient (Wildman–Crippen LogP) is 12.7. The van der Waals surface area contributed by atoms with E-state index in [0.717, 1.165) is 0 Å². The van der Waals surface area contributed by atoms with Gasteiger partial charge in [0, 0.05) is 32.6 Å². The molecule has 0 aliphatic heterocycles. The number of hydrogen-bond donors (Lipinski definition) is 0. The SMILES string of the molecule is C=CC1=C(/C=C\C)c2c(-c3cc4c5ccccc5c5c(c6ccccc6n5-c5ccccc5)c4c4ccccc34)cccc2C1(C)C. The Balaban J connectivity index is 1.51. The second kappa shape index (κ2) is 10.2. The van der Waals surface area contributed by atoms with Gasteiger partial charge in [-0.05, 0) is 86.1 Å². The molecule has 9 rings (SSSR count). The monoisotopic (exact) mass is 601 g/mol. The minimum Gasteiger partial charge on any atom is -0.309 e. The van der Waals surface area contributed by atoms with E-state index in [4.69, 9.17) is 0 Å². The van der Waals surface area contributed by atoms with Gasteiger partial charge in [0.05, 0.1) is 11.0 Å². The van der Waals surface area contributed by atoms with Crippen molar-refractivity contribution in [3.05, 3.63) is 169 Å². The van der Waals surface area contributed by atoms with Gasteiger partial charge in [0.25, 0.3) is 0 Å². The summed E-state index contributed by atoms with van der Waals surface area (Å²) in [6, 6.07) is 47.0. The fourth-order valence-electron chi connectivity index (χ4n) is 8.51. The first kappa shape index (κ1) is 27.6. The van der Waals surface area contributed by atoms with E-state index in [1.807, 2.05) is 0 Å². The van der Waals surface area contributed by atoms with Crippen LogP contribution in [-0.2, 0) is 5.41 Å². The zero-order chi connectivity index (χ0) is 31.9. The smallest absolute Gasteiger partial charge is 0.0626 e. The lowest BCUT2D eigenvalue weighted by atomic mass is 9.80. The number of allylic oxidation sites excluding steroid dienone is 5. The molecule has 1 aliphatic carbocycles. The third-order valence-corrected chi connectivity index (χ3v) is 10.5. The second-order valence-electron chi connectivity index (χ2n) is 13.2. The Kier molecular flexibility index (Phi) is 5.98. The van der Waals surface area contributed by atoms with Gasteiger partial charge in [-0.1, -0.05) is 142 Å². The van der Waals surface area contributed by atoms with Crippen LogP contribution in [0.3, 0.4) is 0 Å². The van der Waals surface area contributed by atoms with Gasteiger partial charge in [0.15, 0.2) is 0 Å². The fourth-order valence-corrected chi connectivity index (χ4v) is 8.51. The summed E-state index contributed by atoms with van der Waals surface area (Å²) in [5, 5.41) is 10.3. The summed E-state index contributed by atoms with van der Waals surface area (Å²) in [4.78, 5) is 0. The molecular formula is C46H35N. The number of benzene rings is 7. The average molecular weight is 602 g/mol. The number of fused-ring (bicyclic) bond motifs is 11. The molecule has 0 fully saturated rings. The van der Waals surface area contributed by atoms with Gasteiger partial charge in [0.2, 0.25) is 0 Å². The van der Waals surface area contributed by atoms with E-state index < -0.39 is 0 Å². The lowest BCUT2D eigenvalue weighted by Crippen LogP contribution is -2.16. The van der Waals surface area contributed by atoms with Gasteiger partial charge in [-0.25, -0.2) is 0 Å². The lowest BCUT2D eigenvalue weighted by Gasteiger charge is -2.23. The van der Waals surface area contributed by atoms with Gasteiger partial charge in [0.1, 0.15) is 0 Å². The molecule has 7 aromatic carbocycles. The number of hydrogen-bond acceptors (Lipinski definition) is 0. The number of aromatic nitrogens is 1. The van der Waals surface area contributed by atoms with Crippen molar-refractivity contribution in [2.75, 3.05) is 0 Å². The normalized spacial score (nSPS) is 14.4. The molecule has 1 nitrogen and oxygen atoms in total. The molecule has 0 N–H and O–H groups in total. The van der Waals surface area contributed by atoms with Crippen LogP contribution >= 0.6 is 0 Å². The Morgan fingerprint density at radius 2 is 1.26 bits per heavy atom. The van der Waals surface area contributed by atoms with Crippen LogP contribution in [0.4, 0.5) is 0 Å². The van der Waals surface area contributed by atoms with Crippen LogP contribution in [0.1, 0.15) is 31.9 Å². The quantitative estimate of drug-likeness (QED) is 0.177. The van der Waals surface area contributed by atoms with Gasteiger partial charge < -0.3 is 4.57 Å². The lowest BCUT2D eigenvalue weighted by molar-refractivity contribution is 0.655. The molecule has 8 aromatic rings. The van der Waals surface area contributed by atoms with Crippen molar-refractivity contribution in [2.45, 2.75) is 26.2 Å². The Bertz CT molecular complexity index is 2660. The summed E-state index contributed by atoms with van der Waals surface area (Å²) in [7, 11) is 0. The van der Waals surface area contributed by atoms with Crippen LogP contribution in [-0.4, -0.2) is 4.57 Å². The highest BCUT2D eigenvalue weighted by Crippen LogP contribution is 2.53. The average Bonchev–Trinajstić information content (AvgIpc) is 3.57. The summed E-state index contributed by atoms with van der Waals surface area (Å²) in [6.45, 7) is 11.0. The molecule has 0 unspecified atom stereocenters. The van der Waals surface area contributed by atoms with E-state index in [1.54, 1.807) is 0 Å². The maximum absolute atomic E-state index is 4.27. The maximum atomic E-state index is 4.27. The van der Waals surface area contributed by atoms with Crippen molar-refractivity contribution in [3.63, 3.8) is 0 Å². The fraction of sp³-hybridized carbons (Fsp3) is 0.0870. The predicted molar refractivity (Wildman–Crippen MR) is 204 cm³/mol. The number of nitrogens with zero attached hydrogens (tertiary/aromatic N) is 1. The molecule has 0 spiro atoms. The summed E-state index contributed by atoms with van der Waals surface area (Å²) in [5.74, 6) is 0. The number of para-hydroxylation sites is 2. The van der Waals surface area contributed by atoms with E-state index in [0.29, 0.717) is 0 Å².